The first-order valence-electron chi connectivity index (χ1n) is 21.0. The molecule has 0 unspecified atom stereocenters. The summed E-state index contributed by atoms with van der Waals surface area (Å²) in [6.45, 7) is 15.1. The molecule has 9 aromatic carbocycles. The van der Waals surface area contributed by atoms with Crippen molar-refractivity contribution in [1.29, 1.82) is 5.26 Å². The van der Waals surface area contributed by atoms with E-state index in [9.17, 15) is 5.26 Å². The molecule has 0 fully saturated rings. The van der Waals surface area contributed by atoms with Gasteiger partial charge in [0.1, 0.15) is 0 Å². The Kier molecular flexibility index (Phi) is 8.21. The SMILES string of the molecule is [C-]#[N+]c1ccc(-n2c3ccccc3c3cc(N(c4ccc5c(c4)c4ccccc4n5-c4ccc(C#N)cc4)c4ccc5c(c4)c4ccccc4n5-c4ccc([N+]#[C-])cc4)ccc32)cc1. The van der Waals surface area contributed by atoms with Crippen molar-refractivity contribution in [3.05, 3.63) is 229 Å². The first kappa shape index (κ1) is 36.5. The minimum Gasteiger partial charge on any atom is -0.310 e. The summed E-state index contributed by atoms with van der Waals surface area (Å²) in [6, 6.07) is 71.3. The summed E-state index contributed by atoms with van der Waals surface area (Å²) in [5.74, 6) is 0. The van der Waals surface area contributed by atoms with Crippen LogP contribution in [0.4, 0.5) is 28.4 Å². The molecule has 3 aromatic heterocycles. The van der Waals surface area contributed by atoms with E-state index in [-0.39, 0.29) is 0 Å². The summed E-state index contributed by atoms with van der Waals surface area (Å²) < 4.78 is 6.83. The van der Waals surface area contributed by atoms with Gasteiger partial charge < -0.3 is 18.6 Å². The smallest absolute Gasteiger partial charge is 0.187 e. The Labute approximate surface area is 368 Å². The molecule has 0 radical (unpaired) electrons. The number of nitriles is 1. The molecule has 0 bridgehead atoms. The van der Waals surface area contributed by atoms with Crippen LogP contribution in [0.2, 0.25) is 0 Å². The third-order valence-electron chi connectivity index (χ3n) is 12.5. The van der Waals surface area contributed by atoms with Crippen LogP contribution in [0, 0.1) is 24.5 Å². The third kappa shape index (κ3) is 5.58. The van der Waals surface area contributed by atoms with Crippen LogP contribution in [0.3, 0.4) is 0 Å². The van der Waals surface area contributed by atoms with Gasteiger partial charge in [-0.15, -0.1) is 0 Å². The lowest BCUT2D eigenvalue weighted by Gasteiger charge is -2.26. The molecule has 7 heteroatoms. The van der Waals surface area contributed by atoms with Gasteiger partial charge in [-0.1, -0.05) is 78.9 Å². The zero-order valence-electron chi connectivity index (χ0n) is 34.2. The molecule has 12 rings (SSSR count). The Bertz CT molecular complexity index is 3560. The Morgan fingerprint density at radius 2 is 0.672 bits per heavy atom. The van der Waals surface area contributed by atoms with E-state index in [1.54, 1.807) is 0 Å². The van der Waals surface area contributed by atoms with Crippen LogP contribution in [0.15, 0.2) is 200 Å². The molecule has 0 spiro atoms. The third-order valence-corrected chi connectivity index (χ3v) is 12.5. The number of hydrogen-bond acceptors (Lipinski definition) is 2. The summed E-state index contributed by atoms with van der Waals surface area (Å²) >= 11 is 0. The van der Waals surface area contributed by atoms with Gasteiger partial charge in [0.15, 0.2) is 11.4 Å². The molecule has 64 heavy (non-hydrogen) atoms. The van der Waals surface area contributed by atoms with Crippen molar-refractivity contribution in [3.8, 4) is 23.1 Å². The molecule has 0 aliphatic heterocycles. The van der Waals surface area contributed by atoms with Crippen LogP contribution in [0.1, 0.15) is 5.56 Å². The Morgan fingerprint density at radius 1 is 0.359 bits per heavy atom. The van der Waals surface area contributed by atoms with Crippen LogP contribution in [0.5, 0.6) is 0 Å². The van der Waals surface area contributed by atoms with Gasteiger partial charge in [-0.05, 0) is 121 Å². The lowest BCUT2D eigenvalue weighted by Crippen LogP contribution is -2.10. The normalized spacial score (nSPS) is 11.4. The highest BCUT2D eigenvalue weighted by atomic mass is 15.1. The molecule has 0 aliphatic rings. The second kappa shape index (κ2) is 14.4. The molecule has 296 valence electrons. The molecular weight excluding hydrogens is 783 g/mol. The maximum Gasteiger partial charge on any atom is 0.187 e. The molecule has 12 aromatic rings. The largest absolute Gasteiger partial charge is 0.310 e. The summed E-state index contributed by atoms with van der Waals surface area (Å²) in [5, 5.41) is 16.3. The Balaban J connectivity index is 1.11. The summed E-state index contributed by atoms with van der Waals surface area (Å²) in [4.78, 5) is 9.63. The van der Waals surface area contributed by atoms with Crippen molar-refractivity contribution in [2.75, 3.05) is 4.90 Å². The van der Waals surface area contributed by atoms with E-state index in [1.807, 2.05) is 72.8 Å². The van der Waals surface area contributed by atoms with Gasteiger partial charge in [-0.2, -0.15) is 5.26 Å². The lowest BCUT2D eigenvalue weighted by atomic mass is 10.1. The summed E-state index contributed by atoms with van der Waals surface area (Å²) in [7, 11) is 0. The Morgan fingerprint density at radius 3 is 1.00 bits per heavy atom. The first-order chi connectivity index (χ1) is 31.6. The second-order valence-electron chi connectivity index (χ2n) is 15.9. The maximum atomic E-state index is 9.55. The highest BCUT2D eigenvalue weighted by Crippen LogP contribution is 2.44. The van der Waals surface area contributed by atoms with Crippen molar-refractivity contribution < 1.29 is 0 Å². The van der Waals surface area contributed by atoms with E-state index in [0.717, 1.165) is 99.5 Å². The van der Waals surface area contributed by atoms with Crippen LogP contribution in [-0.2, 0) is 0 Å². The lowest BCUT2D eigenvalue weighted by molar-refractivity contribution is 1.17. The molecule has 3 heterocycles. The Hall–Kier alpha value is -9.35. The quantitative estimate of drug-likeness (QED) is 0.157. The molecule has 7 nitrogen and oxygen atoms in total. The fourth-order valence-corrected chi connectivity index (χ4v) is 9.62. The monoisotopic (exact) mass is 815 g/mol. The van der Waals surface area contributed by atoms with E-state index >= 15 is 0 Å². The van der Waals surface area contributed by atoms with Crippen LogP contribution < -0.4 is 4.90 Å². The number of rotatable bonds is 6. The zero-order chi connectivity index (χ0) is 42.9. The van der Waals surface area contributed by atoms with Gasteiger partial charge in [0.05, 0.1) is 57.9 Å². The molecule has 0 aliphatic carbocycles. The highest BCUT2D eigenvalue weighted by Gasteiger charge is 2.22. The van der Waals surface area contributed by atoms with Crippen molar-refractivity contribution in [2.45, 2.75) is 0 Å². The molecule has 0 saturated carbocycles. The van der Waals surface area contributed by atoms with Crippen LogP contribution in [-0.4, -0.2) is 13.7 Å². The summed E-state index contributed by atoms with van der Waals surface area (Å²) in [6.07, 6.45) is 0. The number of para-hydroxylation sites is 3. The minimum absolute atomic E-state index is 0.609. The number of benzene rings is 9. The van der Waals surface area contributed by atoms with E-state index < -0.39 is 0 Å². The zero-order valence-corrected chi connectivity index (χ0v) is 34.2. The molecular formula is C57H33N7. The van der Waals surface area contributed by atoms with E-state index in [2.05, 4.69) is 162 Å². The fraction of sp³-hybridized carbons (Fsp3) is 0. The van der Waals surface area contributed by atoms with Crippen LogP contribution in [0.25, 0.3) is 92.2 Å². The first-order valence-corrected chi connectivity index (χ1v) is 21.0. The maximum absolute atomic E-state index is 9.55. The average molecular weight is 816 g/mol. The summed E-state index contributed by atoms with van der Waals surface area (Å²) in [5.41, 5.74) is 14.3. The van der Waals surface area contributed by atoms with Crippen molar-refractivity contribution in [2.24, 2.45) is 0 Å². The number of hydrogen-bond donors (Lipinski definition) is 0. The van der Waals surface area contributed by atoms with Gasteiger partial charge in [0, 0.05) is 66.4 Å². The van der Waals surface area contributed by atoms with Gasteiger partial charge >= 0.3 is 0 Å². The molecule has 0 atom stereocenters. The molecule has 0 saturated heterocycles. The van der Waals surface area contributed by atoms with E-state index in [4.69, 9.17) is 13.1 Å². The van der Waals surface area contributed by atoms with Gasteiger partial charge in [-0.25, -0.2) is 9.69 Å². The van der Waals surface area contributed by atoms with Gasteiger partial charge in [0.25, 0.3) is 0 Å². The number of fused-ring (bicyclic) bond motifs is 9. The van der Waals surface area contributed by atoms with Crippen LogP contribution >= 0.6 is 0 Å². The molecule has 0 amide bonds. The number of nitrogens with zero attached hydrogens (tertiary/aromatic N) is 7. The second-order valence-corrected chi connectivity index (χ2v) is 15.9. The average Bonchev–Trinajstić information content (AvgIpc) is 3.99. The van der Waals surface area contributed by atoms with Crippen molar-refractivity contribution >= 4 is 93.9 Å². The topological polar surface area (TPSA) is 50.5 Å². The van der Waals surface area contributed by atoms with Crippen molar-refractivity contribution in [3.63, 3.8) is 0 Å². The number of anilines is 3. The predicted octanol–water partition coefficient (Wildman–Crippen LogP) is 15.4. The van der Waals surface area contributed by atoms with Gasteiger partial charge in [0.2, 0.25) is 0 Å². The van der Waals surface area contributed by atoms with Gasteiger partial charge in [-0.3, -0.25) is 0 Å². The fourth-order valence-electron chi connectivity index (χ4n) is 9.62. The minimum atomic E-state index is 0.609. The number of aromatic nitrogens is 3. The molecule has 0 N–H and O–H groups in total. The van der Waals surface area contributed by atoms with Crippen molar-refractivity contribution in [1.82, 2.24) is 13.7 Å². The van der Waals surface area contributed by atoms with E-state index in [1.165, 1.54) is 0 Å². The van der Waals surface area contributed by atoms with E-state index in [0.29, 0.717) is 16.9 Å². The standard InChI is InChI=1S/C57H33N7/c1-59-38-17-23-41(24-18-38)63-53-13-7-4-10-47(53)50-34-44(28-31-56(50)63)61(43-27-30-55-49(33-43)46-9-3-6-12-52(46)62(55)40-21-15-37(36-58)16-22-40)45-29-32-57-51(35-45)48-11-5-8-14-54(48)64(57)42-25-19-39(60-2)20-26-42/h3-35H. The predicted molar refractivity (Wildman–Crippen MR) is 261 cm³/mol. The highest BCUT2D eigenvalue weighted by molar-refractivity contribution is 6.14.